The van der Waals surface area contributed by atoms with Crippen molar-refractivity contribution in [1.82, 2.24) is 5.32 Å². The summed E-state index contributed by atoms with van der Waals surface area (Å²) in [5.41, 5.74) is 1.21. The molecule has 0 heterocycles. The number of hydrogen-bond acceptors (Lipinski definition) is 4. The Morgan fingerprint density at radius 2 is 1.73 bits per heavy atom. The van der Waals surface area contributed by atoms with E-state index in [1.54, 1.807) is 18.2 Å². The van der Waals surface area contributed by atoms with Crippen molar-refractivity contribution in [3.05, 3.63) is 47.0 Å². The second-order valence-corrected chi connectivity index (χ2v) is 5.41. The Balaban J connectivity index is 1.99. The number of ether oxygens (including phenoxy) is 3. The van der Waals surface area contributed by atoms with Gasteiger partial charge >= 0.3 is 6.03 Å². The van der Waals surface area contributed by atoms with E-state index in [1.807, 2.05) is 18.2 Å². The number of urea groups is 1. The van der Waals surface area contributed by atoms with Crippen LogP contribution in [0.25, 0.3) is 0 Å². The molecule has 0 radical (unpaired) electrons. The van der Waals surface area contributed by atoms with Crippen LogP contribution in [0.15, 0.2) is 36.4 Å². The van der Waals surface area contributed by atoms with E-state index in [4.69, 9.17) is 25.8 Å². The van der Waals surface area contributed by atoms with Crippen molar-refractivity contribution in [2.45, 2.75) is 0 Å². The minimum absolute atomic E-state index is 0.168. The van der Waals surface area contributed by atoms with Crippen LogP contribution >= 0.6 is 11.6 Å². The lowest BCUT2D eigenvalue weighted by Gasteiger charge is -2.14. The highest BCUT2D eigenvalue weighted by Crippen LogP contribution is 2.39. The molecule has 0 aliphatic heterocycles. The van der Waals surface area contributed by atoms with Gasteiger partial charge in [-0.25, -0.2) is 4.79 Å². The summed E-state index contributed by atoms with van der Waals surface area (Å²) < 4.78 is 15.7. The van der Waals surface area contributed by atoms with Gasteiger partial charge in [0.2, 0.25) is 5.75 Å². The van der Waals surface area contributed by atoms with Crippen molar-refractivity contribution in [2.75, 3.05) is 33.2 Å². The van der Waals surface area contributed by atoms with E-state index < -0.39 is 6.03 Å². The first kappa shape index (κ1) is 19.3. The molecule has 2 N–H and O–H groups in total. The second kappa shape index (κ2) is 9.44. The highest BCUT2D eigenvalue weighted by atomic mass is 35.5. The molecule has 6 nitrogen and oxygen atoms in total. The molecule has 0 fully saturated rings. The molecule has 0 aromatic heterocycles. The average Bonchev–Trinajstić information content (AvgIpc) is 2.65. The minimum Gasteiger partial charge on any atom is -0.493 e. The quantitative estimate of drug-likeness (QED) is 0.785. The van der Waals surface area contributed by atoms with Gasteiger partial charge in [0, 0.05) is 17.7 Å². The largest absolute Gasteiger partial charge is 0.493 e. The molecule has 26 heavy (non-hydrogen) atoms. The molecule has 2 rings (SSSR count). The van der Waals surface area contributed by atoms with Crippen molar-refractivity contribution >= 4 is 23.3 Å². The molecule has 2 aromatic carbocycles. The Morgan fingerprint density at radius 3 is 2.31 bits per heavy atom. The van der Waals surface area contributed by atoms with Crippen LogP contribution in [-0.4, -0.2) is 33.9 Å². The first-order chi connectivity index (χ1) is 12.6. The SMILES string of the molecule is COc1cc(NC(=O)NCC#Cc2ccccc2Cl)cc(OC)c1OC. The summed E-state index contributed by atoms with van der Waals surface area (Å²) in [6.45, 7) is 0.168. The molecule has 0 saturated carbocycles. The predicted octanol–water partition coefficient (Wildman–Crippen LogP) is 3.54. The standard InChI is InChI=1S/C19H19ClN2O4/c1-24-16-11-14(12-17(25-2)18(16)26-3)22-19(23)21-10-6-8-13-7-4-5-9-15(13)20/h4-5,7,9,11-12H,10H2,1-3H3,(H2,21,22,23). The fourth-order valence-corrected chi connectivity index (χ4v) is 2.34. The van der Waals surface area contributed by atoms with Crippen LogP contribution in [0.2, 0.25) is 5.02 Å². The molecule has 0 atom stereocenters. The number of rotatable bonds is 5. The van der Waals surface area contributed by atoms with E-state index in [1.165, 1.54) is 21.3 Å². The lowest BCUT2D eigenvalue weighted by atomic mass is 10.2. The van der Waals surface area contributed by atoms with Crippen LogP contribution in [0.1, 0.15) is 5.56 Å². The van der Waals surface area contributed by atoms with Crippen molar-refractivity contribution in [3.8, 4) is 29.1 Å². The monoisotopic (exact) mass is 374 g/mol. The lowest BCUT2D eigenvalue weighted by Crippen LogP contribution is -2.28. The van der Waals surface area contributed by atoms with E-state index in [-0.39, 0.29) is 6.54 Å². The summed E-state index contributed by atoms with van der Waals surface area (Å²) in [5, 5.41) is 5.91. The van der Waals surface area contributed by atoms with Gasteiger partial charge in [-0.2, -0.15) is 0 Å². The predicted molar refractivity (Wildman–Crippen MR) is 101 cm³/mol. The average molecular weight is 375 g/mol. The number of halogens is 1. The van der Waals surface area contributed by atoms with E-state index in [9.17, 15) is 4.79 Å². The van der Waals surface area contributed by atoms with Gasteiger partial charge in [-0.1, -0.05) is 35.6 Å². The normalized spacial score (nSPS) is 9.54. The van der Waals surface area contributed by atoms with E-state index >= 15 is 0 Å². The van der Waals surface area contributed by atoms with Gasteiger partial charge in [0.15, 0.2) is 11.5 Å². The first-order valence-corrected chi connectivity index (χ1v) is 8.05. The number of amides is 2. The van der Waals surface area contributed by atoms with Crippen molar-refractivity contribution < 1.29 is 19.0 Å². The van der Waals surface area contributed by atoms with Crippen LogP contribution in [0, 0.1) is 11.8 Å². The number of nitrogens with one attached hydrogen (secondary N) is 2. The molecule has 0 aliphatic carbocycles. The van der Waals surface area contributed by atoms with Gasteiger partial charge in [0.25, 0.3) is 0 Å². The zero-order valence-electron chi connectivity index (χ0n) is 14.7. The Kier molecular flexibility index (Phi) is 7.01. The van der Waals surface area contributed by atoms with Crippen molar-refractivity contribution in [2.24, 2.45) is 0 Å². The molecular weight excluding hydrogens is 356 g/mol. The van der Waals surface area contributed by atoms with Crippen molar-refractivity contribution in [1.29, 1.82) is 0 Å². The topological polar surface area (TPSA) is 68.8 Å². The minimum atomic E-state index is -0.410. The van der Waals surface area contributed by atoms with Gasteiger partial charge in [-0.3, -0.25) is 0 Å². The molecular formula is C19H19ClN2O4. The highest BCUT2D eigenvalue weighted by Gasteiger charge is 2.14. The first-order valence-electron chi connectivity index (χ1n) is 7.67. The smallest absolute Gasteiger partial charge is 0.319 e. The molecule has 0 unspecified atom stereocenters. The fourth-order valence-electron chi connectivity index (χ4n) is 2.16. The summed E-state index contributed by atoms with van der Waals surface area (Å²) in [4.78, 5) is 12.0. The number of hydrogen-bond donors (Lipinski definition) is 2. The van der Waals surface area contributed by atoms with Gasteiger partial charge in [-0.05, 0) is 12.1 Å². The van der Waals surface area contributed by atoms with Crippen LogP contribution in [-0.2, 0) is 0 Å². The number of carbonyl (C=O) groups excluding carboxylic acids is 1. The Morgan fingerprint density at radius 1 is 1.08 bits per heavy atom. The molecule has 7 heteroatoms. The Hall–Kier alpha value is -3.04. The van der Waals surface area contributed by atoms with Gasteiger partial charge < -0.3 is 24.8 Å². The van der Waals surface area contributed by atoms with Crippen LogP contribution < -0.4 is 24.8 Å². The number of benzene rings is 2. The molecule has 0 saturated heterocycles. The summed E-state index contributed by atoms with van der Waals surface area (Å²) in [7, 11) is 4.52. The number of anilines is 1. The highest BCUT2D eigenvalue weighted by molar-refractivity contribution is 6.31. The third-order valence-electron chi connectivity index (χ3n) is 3.36. The maximum Gasteiger partial charge on any atom is 0.319 e. The van der Waals surface area contributed by atoms with Crippen molar-refractivity contribution in [3.63, 3.8) is 0 Å². The molecule has 2 aromatic rings. The number of methoxy groups -OCH3 is 3. The van der Waals surface area contributed by atoms with E-state index in [0.717, 1.165) is 0 Å². The van der Waals surface area contributed by atoms with Gasteiger partial charge in [0.05, 0.1) is 38.6 Å². The number of carbonyl (C=O) groups is 1. The third-order valence-corrected chi connectivity index (χ3v) is 3.69. The summed E-state index contributed by atoms with van der Waals surface area (Å²) in [5.74, 6) is 7.09. The third kappa shape index (κ3) is 4.98. The van der Waals surface area contributed by atoms with Crippen LogP contribution in [0.4, 0.5) is 10.5 Å². The summed E-state index contributed by atoms with van der Waals surface area (Å²) in [6, 6.07) is 10.1. The van der Waals surface area contributed by atoms with E-state index in [0.29, 0.717) is 33.5 Å². The fraction of sp³-hybridized carbons (Fsp3) is 0.211. The van der Waals surface area contributed by atoms with E-state index in [2.05, 4.69) is 22.5 Å². The zero-order chi connectivity index (χ0) is 18.9. The lowest BCUT2D eigenvalue weighted by molar-refractivity contribution is 0.253. The molecule has 0 spiro atoms. The molecule has 0 aliphatic rings. The maximum absolute atomic E-state index is 12.0. The van der Waals surface area contributed by atoms with Gasteiger partial charge in [0.1, 0.15) is 0 Å². The molecule has 2 amide bonds. The zero-order valence-corrected chi connectivity index (χ0v) is 15.4. The maximum atomic E-state index is 12.0. The summed E-state index contributed by atoms with van der Waals surface area (Å²) in [6.07, 6.45) is 0. The van der Waals surface area contributed by atoms with Crippen LogP contribution in [0.5, 0.6) is 17.2 Å². The molecule has 0 bridgehead atoms. The molecule has 136 valence electrons. The second-order valence-electron chi connectivity index (χ2n) is 5.00. The van der Waals surface area contributed by atoms with Crippen LogP contribution in [0.3, 0.4) is 0 Å². The Labute approximate surface area is 157 Å². The van der Waals surface area contributed by atoms with Gasteiger partial charge in [-0.15, -0.1) is 0 Å². The summed E-state index contributed by atoms with van der Waals surface area (Å²) >= 11 is 6.02. The Bertz CT molecular complexity index is 818.